The fourth-order valence-corrected chi connectivity index (χ4v) is 1.75. The van der Waals surface area contributed by atoms with Gasteiger partial charge in [-0.25, -0.2) is 8.42 Å². The molecule has 0 fully saturated rings. The summed E-state index contributed by atoms with van der Waals surface area (Å²) in [5, 5.41) is 10.6. The van der Waals surface area contributed by atoms with E-state index in [0.29, 0.717) is 11.8 Å². The quantitative estimate of drug-likeness (QED) is 0.802. The Hall–Kier alpha value is -1.11. The van der Waals surface area contributed by atoms with Gasteiger partial charge in [-0.1, -0.05) is 0 Å². The summed E-state index contributed by atoms with van der Waals surface area (Å²) in [5.74, 6) is 0.969. The van der Waals surface area contributed by atoms with Crippen molar-refractivity contribution < 1.29 is 8.42 Å². The summed E-state index contributed by atoms with van der Waals surface area (Å²) in [5.41, 5.74) is 0. The molecule has 1 rings (SSSR count). The number of aromatic nitrogens is 3. The fourth-order valence-electron chi connectivity index (χ4n) is 1.24. The Morgan fingerprint density at radius 1 is 1.33 bits per heavy atom. The maximum atomic E-state index is 11.6. The Morgan fingerprint density at radius 3 is 2.20 bits per heavy atom. The van der Waals surface area contributed by atoms with E-state index in [1.807, 2.05) is 0 Å². The topological polar surface area (TPSA) is 76.9 Å². The molecule has 0 amide bonds. The van der Waals surface area contributed by atoms with Crippen molar-refractivity contribution in [2.24, 2.45) is 7.05 Å². The molecule has 0 radical (unpaired) electrons. The van der Waals surface area contributed by atoms with Crippen LogP contribution in [0.4, 0.5) is 5.95 Å². The third-order valence-corrected chi connectivity index (χ3v) is 4.60. The summed E-state index contributed by atoms with van der Waals surface area (Å²) in [6, 6.07) is 0. The van der Waals surface area contributed by atoms with E-state index in [1.165, 1.54) is 6.26 Å². The Bertz CT molecular complexity index is 461. The molecule has 0 aromatic carbocycles. The Labute approximate surface area is 89.6 Å². The first-order valence-corrected chi connectivity index (χ1v) is 6.38. The van der Waals surface area contributed by atoms with Gasteiger partial charge in [-0.3, -0.25) is 4.57 Å². The lowest BCUT2D eigenvalue weighted by Crippen LogP contribution is -2.31. The maximum absolute atomic E-state index is 11.6. The molecule has 0 aliphatic heterocycles. The second kappa shape index (κ2) is 3.48. The van der Waals surface area contributed by atoms with Gasteiger partial charge in [0.2, 0.25) is 5.95 Å². The van der Waals surface area contributed by atoms with E-state index in [2.05, 4.69) is 15.5 Å². The van der Waals surface area contributed by atoms with Crippen LogP contribution < -0.4 is 5.32 Å². The number of hydrogen-bond donors (Lipinski definition) is 1. The highest BCUT2D eigenvalue weighted by molar-refractivity contribution is 7.91. The van der Waals surface area contributed by atoms with E-state index in [0.717, 1.165) is 0 Å². The number of nitrogens with zero attached hydrogens (tertiary/aromatic N) is 3. The Balaban J connectivity index is 3.34. The zero-order chi connectivity index (χ0) is 11.9. The Morgan fingerprint density at radius 2 is 1.87 bits per heavy atom. The van der Waals surface area contributed by atoms with Gasteiger partial charge in [0.25, 0.3) is 0 Å². The van der Waals surface area contributed by atoms with Crippen LogP contribution in [0.25, 0.3) is 0 Å². The molecule has 0 aliphatic rings. The minimum absolute atomic E-state index is 0.425. The second-order valence-electron chi connectivity index (χ2n) is 3.94. The van der Waals surface area contributed by atoms with Crippen molar-refractivity contribution >= 4 is 15.8 Å². The normalized spacial score (nSPS) is 12.9. The number of hydrogen-bond acceptors (Lipinski definition) is 5. The van der Waals surface area contributed by atoms with Gasteiger partial charge in [0, 0.05) is 20.4 Å². The number of sulfone groups is 1. The summed E-state index contributed by atoms with van der Waals surface area (Å²) >= 11 is 0. The molecule has 7 heteroatoms. The number of nitrogens with one attached hydrogen (secondary N) is 1. The first-order valence-electron chi connectivity index (χ1n) is 4.49. The highest BCUT2D eigenvalue weighted by Gasteiger charge is 2.37. The van der Waals surface area contributed by atoms with Crippen LogP contribution >= 0.6 is 0 Å². The van der Waals surface area contributed by atoms with E-state index in [9.17, 15) is 8.42 Å². The van der Waals surface area contributed by atoms with Crippen LogP contribution in [0, 0.1) is 0 Å². The molecular weight excluding hydrogens is 216 g/mol. The SMILES string of the molecule is CNc1nnc(C(C)(C)S(C)(=O)=O)n1C. The van der Waals surface area contributed by atoms with Gasteiger partial charge in [0.1, 0.15) is 4.75 Å². The van der Waals surface area contributed by atoms with Gasteiger partial charge in [0.05, 0.1) is 0 Å². The fraction of sp³-hybridized carbons (Fsp3) is 0.750. The van der Waals surface area contributed by atoms with Crippen LogP contribution in [0.5, 0.6) is 0 Å². The summed E-state index contributed by atoms with van der Waals surface area (Å²) in [6.07, 6.45) is 1.20. The van der Waals surface area contributed by atoms with E-state index >= 15 is 0 Å². The van der Waals surface area contributed by atoms with Crippen molar-refractivity contribution in [3.05, 3.63) is 5.82 Å². The molecule has 1 aromatic heterocycles. The third-order valence-electron chi connectivity index (χ3n) is 2.56. The van der Waals surface area contributed by atoms with Gasteiger partial charge >= 0.3 is 0 Å². The van der Waals surface area contributed by atoms with Crippen molar-refractivity contribution in [1.82, 2.24) is 14.8 Å². The lowest BCUT2D eigenvalue weighted by molar-refractivity contribution is 0.541. The van der Waals surface area contributed by atoms with Crippen molar-refractivity contribution in [3.8, 4) is 0 Å². The van der Waals surface area contributed by atoms with Crippen LogP contribution in [-0.2, 0) is 21.6 Å². The highest BCUT2D eigenvalue weighted by atomic mass is 32.2. The smallest absolute Gasteiger partial charge is 0.224 e. The maximum Gasteiger partial charge on any atom is 0.224 e. The molecule has 6 nitrogen and oxygen atoms in total. The van der Waals surface area contributed by atoms with E-state index in [-0.39, 0.29) is 0 Å². The zero-order valence-corrected chi connectivity index (χ0v) is 10.4. The van der Waals surface area contributed by atoms with Crippen LogP contribution in [0.15, 0.2) is 0 Å². The molecule has 1 N–H and O–H groups in total. The highest BCUT2D eigenvalue weighted by Crippen LogP contribution is 2.27. The van der Waals surface area contributed by atoms with Gasteiger partial charge in [0.15, 0.2) is 15.7 Å². The van der Waals surface area contributed by atoms with E-state index < -0.39 is 14.6 Å². The number of anilines is 1. The molecule has 15 heavy (non-hydrogen) atoms. The van der Waals surface area contributed by atoms with Crippen molar-refractivity contribution in [3.63, 3.8) is 0 Å². The lowest BCUT2D eigenvalue weighted by Gasteiger charge is -2.21. The molecule has 0 bridgehead atoms. The summed E-state index contributed by atoms with van der Waals surface area (Å²) < 4.78 is 23.8. The minimum atomic E-state index is -3.22. The van der Waals surface area contributed by atoms with Gasteiger partial charge in [-0.15, -0.1) is 10.2 Å². The molecule has 0 atom stereocenters. The second-order valence-corrected chi connectivity index (χ2v) is 6.50. The van der Waals surface area contributed by atoms with Crippen LogP contribution in [-0.4, -0.2) is 36.5 Å². The van der Waals surface area contributed by atoms with Gasteiger partial charge in [-0.2, -0.15) is 0 Å². The van der Waals surface area contributed by atoms with Crippen LogP contribution in [0.3, 0.4) is 0 Å². The van der Waals surface area contributed by atoms with Crippen molar-refractivity contribution in [1.29, 1.82) is 0 Å². The van der Waals surface area contributed by atoms with E-state index in [4.69, 9.17) is 0 Å². The van der Waals surface area contributed by atoms with Crippen LogP contribution in [0.1, 0.15) is 19.7 Å². The minimum Gasteiger partial charge on any atom is -0.357 e. The first-order chi connectivity index (χ1) is 6.71. The van der Waals surface area contributed by atoms with Gasteiger partial charge in [-0.05, 0) is 13.8 Å². The molecule has 0 spiro atoms. The third kappa shape index (κ3) is 1.83. The zero-order valence-electron chi connectivity index (χ0n) is 9.57. The van der Waals surface area contributed by atoms with E-state index in [1.54, 1.807) is 32.5 Å². The molecule has 0 saturated carbocycles. The largest absolute Gasteiger partial charge is 0.357 e. The molecule has 1 heterocycles. The molecule has 0 unspecified atom stereocenters. The Kier molecular flexibility index (Phi) is 2.77. The molecular formula is C8H16N4O2S. The molecule has 0 saturated heterocycles. The van der Waals surface area contributed by atoms with Crippen LogP contribution in [0.2, 0.25) is 0 Å². The molecule has 1 aromatic rings. The van der Waals surface area contributed by atoms with Gasteiger partial charge < -0.3 is 5.32 Å². The predicted octanol–water partition coefficient (Wildman–Crippen LogP) is 0.136. The summed E-state index contributed by atoms with van der Waals surface area (Å²) in [6.45, 7) is 3.23. The standard InChI is InChI=1S/C8H16N4O2S/c1-8(2,15(5,13)14)6-10-11-7(9-3)12(6)4/h1-5H3,(H,9,11). The van der Waals surface area contributed by atoms with Crippen molar-refractivity contribution in [2.45, 2.75) is 18.6 Å². The first kappa shape index (κ1) is 12.0. The summed E-state index contributed by atoms with van der Waals surface area (Å²) in [4.78, 5) is 0. The monoisotopic (exact) mass is 232 g/mol. The average Bonchev–Trinajstić information content (AvgIpc) is 2.44. The lowest BCUT2D eigenvalue weighted by atomic mass is 10.2. The molecule has 0 aliphatic carbocycles. The molecule has 86 valence electrons. The summed E-state index contributed by atoms with van der Waals surface area (Å²) in [7, 11) is 0.216. The number of rotatable bonds is 3. The average molecular weight is 232 g/mol. The predicted molar refractivity (Wildman–Crippen MR) is 58.4 cm³/mol. The van der Waals surface area contributed by atoms with Crippen molar-refractivity contribution in [2.75, 3.05) is 18.6 Å².